The number of aromatic nitrogens is 2. The first kappa shape index (κ1) is 23.6. The number of anilines is 2. The molecule has 0 aliphatic heterocycles. The summed E-state index contributed by atoms with van der Waals surface area (Å²) in [6.45, 7) is 1.52. The van der Waals surface area contributed by atoms with Gasteiger partial charge in [-0.1, -0.05) is 28.1 Å². The molecule has 0 atom stereocenters. The number of nitrogens with one attached hydrogen (secondary N) is 2. The highest BCUT2D eigenvalue weighted by Crippen LogP contribution is 2.35. The summed E-state index contributed by atoms with van der Waals surface area (Å²) in [5, 5.41) is 18.5. The van der Waals surface area contributed by atoms with Crippen molar-refractivity contribution in [2.24, 2.45) is 5.92 Å². The van der Waals surface area contributed by atoms with Gasteiger partial charge in [-0.3, -0.25) is 0 Å². The lowest BCUT2D eigenvalue weighted by Gasteiger charge is -2.29. The highest BCUT2D eigenvalue weighted by Gasteiger charge is 2.22. The van der Waals surface area contributed by atoms with E-state index < -0.39 is 0 Å². The van der Waals surface area contributed by atoms with Crippen LogP contribution in [-0.2, 0) is 6.54 Å². The number of phenolic OH excluding ortho intramolecular Hbond substituents is 1. The molecule has 33 heavy (non-hydrogen) atoms. The lowest BCUT2D eigenvalue weighted by molar-refractivity contribution is 0.322. The van der Waals surface area contributed by atoms with E-state index >= 15 is 0 Å². The summed E-state index contributed by atoms with van der Waals surface area (Å²) in [7, 11) is 5.60. The minimum Gasteiger partial charge on any atom is -0.504 e. The maximum Gasteiger partial charge on any atom is 0.225 e. The first-order chi connectivity index (χ1) is 16.0. The van der Waals surface area contributed by atoms with Crippen molar-refractivity contribution in [2.45, 2.75) is 38.3 Å². The van der Waals surface area contributed by atoms with E-state index in [2.05, 4.69) is 32.6 Å². The molecule has 1 saturated carbocycles. The Hall–Kier alpha value is -2.58. The zero-order valence-corrected chi connectivity index (χ0v) is 21.0. The molecule has 2 aromatic carbocycles. The Labute approximate surface area is 203 Å². The van der Waals surface area contributed by atoms with Gasteiger partial charge in [0.2, 0.25) is 5.95 Å². The number of benzene rings is 2. The number of nitrogens with zero attached hydrogens (tertiary/aromatic N) is 3. The number of rotatable bonds is 8. The summed E-state index contributed by atoms with van der Waals surface area (Å²) in [6.07, 6.45) is 4.47. The van der Waals surface area contributed by atoms with Crippen LogP contribution in [0.15, 0.2) is 40.9 Å². The quantitative estimate of drug-likeness (QED) is 0.393. The van der Waals surface area contributed by atoms with Gasteiger partial charge in [0.15, 0.2) is 11.5 Å². The molecule has 4 rings (SSSR count). The number of ether oxygens (including phenoxy) is 1. The number of fused-ring (bicyclic) bond motifs is 1. The first-order valence-corrected chi connectivity index (χ1v) is 12.2. The van der Waals surface area contributed by atoms with Gasteiger partial charge in [0, 0.05) is 42.1 Å². The van der Waals surface area contributed by atoms with Crippen LogP contribution >= 0.6 is 15.9 Å². The number of para-hydroxylation sites is 1. The number of aromatic hydroxyl groups is 1. The SMILES string of the molecule is COc1ccc(Br)c(CNCC2CCC(Nc3nc(N(C)C)c4ccccc4n3)CC2)c1O. The Balaban J connectivity index is 1.30. The zero-order chi connectivity index (χ0) is 23.4. The second-order valence-electron chi connectivity index (χ2n) is 8.85. The lowest BCUT2D eigenvalue weighted by atomic mass is 9.86. The van der Waals surface area contributed by atoms with Gasteiger partial charge in [-0.2, -0.15) is 4.98 Å². The van der Waals surface area contributed by atoms with Gasteiger partial charge in [0.05, 0.1) is 12.6 Å². The molecule has 3 aromatic rings. The van der Waals surface area contributed by atoms with Crippen LogP contribution in [0, 0.1) is 5.92 Å². The zero-order valence-electron chi connectivity index (χ0n) is 19.4. The molecule has 3 N–H and O–H groups in total. The fourth-order valence-corrected chi connectivity index (χ4v) is 4.94. The van der Waals surface area contributed by atoms with Crippen molar-refractivity contribution in [3.05, 3.63) is 46.4 Å². The van der Waals surface area contributed by atoms with Crippen LogP contribution in [0.25, 0.3) is 10.9 Å². The van der Waals surface area contributed by atoms with Crippen molar-refractivity contribution < 1.29 is 9.84 Å². The Kier molecular flexibility index (Phi) is 7.55. The molecule has 176 valence electrons. The summed E-state index contributed by atoms with van der Waals surface area (Å²) in [6, 6.07) is 12.2. The third-order valence-electron chi connectivity index (χ3n) is 6.33. The normalized spacial score (nSPS) is 18.3. The van der Waals surface area contributed by atoms with Gasteiger partial charge in [-0.05, 0) is 62.4 Å². The second kappa shape index (κ2) is 10.6. The van der Waals surface area contributed by atoms with Crippen molar-refractivity contribution in [2.75, 3.05) is 38.0 Å². The van der Waals surface area contributed by atoms with Gasteiger partial charge < -0.3 is 25.4 Å². The Morgan fingerprint density at radius 1 is 1.09 bits per heavy atom. The molecule has 0 spiro atoms. The fraction of sp³-hybridized carbons (Fsp3) is 0.440. The first-order valence-electron chi connectivity index (χ1n) is 11.4. The highest BCUT2D eigenvalue weighted by molar-refractivity contribution is 9.10. The molecule has 7 nitrogen and oxygen atoms in total. The van der Waals surface area contributed by atoms with E-state index in [0.29, 0.717) is 30.2 Å². The predicted molar refractivity (Wildman–Crippen MR) is 137 cm³/mol. The number of hydrogen-bond donors (Lipinski definition) is 3. The highest BCUT2D eigenvalue weighted by atomic mass is 79.9. The van der Waals surface area contributed by atoms with Crippen molar-refractivity contribution in [1.82, 2.24) is 15.3 Å². The Morgan fingerprint density at radius 3 is 2.58 bits per heavy atom. The number of phenols is 1. The van der Waals surface area contributed by atoms with Crippen LogP contribution in [0.3, 0.4) is 0 Å². The molecular weight excluding hydrogens is 482 g/mol. The smallest absolute Gasteiger partial charge is 0.225 e. The summed E-state index contributed by atoms with van der Waals surface area (Å²) in [5.74, 6) is 2.95. The molecule has 1 fully saturated rings. The van der Waals surface area contributed by atoms with Gasteiger partial charge in [-0.25, -0.2) is 4.98 Å². The molecule has 0 saturated heterocycles. The molecule has 0 amide bonds. The number of halogens is 1. The van der Waals surface area contributed by atoms with Crippen LogP contribution in [0.2, 0.25) is 0 Å². The Morgan fingerprint density at radius 2 is 1.85 bits per heavy atom. The standard InChI is InChI=1S/C25H32BrN5O2/c1-31(2)24-18-6-4-5-7-21(18)29-25(30-24)28-17-10-8-16(9-11-17)14-27-15-19-20(26)12-13-22(33-3)23(19)32/h4-7,12-13,16-17,27,32H,8-11,14-15H2,1-3H3,(H,28,29,30). The van der Waals surface area contributed by atoms with E-state index in [1.54, 1.807) is 13.2 Å². The van der Waals surface area contributed by atoms with Crippen molar-refractivity contribution in [1.29, 1.82) is 0 Å². The summed E-state index contributed by atoms with van der Waals surface area (Å²) >= 11 is 3.53. The number of methoxy groups -OCH3 is 1. The van der Waals surface area contributed by atoms with Gasteiger partial charge in [0.1, 0.15) is 5.82 Å². The lowest BCUT2D eigenvalue weighted by Crippen LogP contribution is -2.31. The molecule has 1 heterocycles. The topological polar surface area (TPSA) is 82.5 Å². The van der Waals surface area contributed by atoms with E-state index in [1.807, 2.05) is 43.3 Å². The van der Waals surface area contributed by atoms with Crippen molar-refractivity contribution >= 4 is 38.6 Å². The van der Waals surface area contributed by atoms with Crippen LogP contribution in [-0.4, -0.2) is 48.9 Å². The summed E-state index contributed by atoms with van der Waals surface area (Å²) in [4.78, 5) is 11.6. The van der Waals surface area contributed by atoms with Crippen LogP contribution in [0.4, 0.5) is 11.8 Å². The van der Waals surface area contributed by atoms with Crippen LogP contribution < -0.4 is 20.3 Å². The molecule has 0 bridgehead atoms. The fourth-order valence-electron chi connectivity index (χ4n) is 4.48. The number of hydrogen-bond acceptors (Lipinski definition) is 7. The van der Waals surface area contributed by atoms with Crippen molar-refractivity contribution in [3.8, 4) is 11.5 Å². The predicted octanol–water partition coefficient (Wildman–Crippen LogP) is 4.93. The monoisotopic (exact) mass is 513 g/mol. The maximum absolute atomic E-state index is 10.4. The molecular formula is C25H32BrN5O2. The molecule has 1 aliphatic carbocycles. The maximum atomic E-state index is 10.4. The molecule has 0 radical (unpaired) electrons. The molecule has 8 heteroatoms. The third-order valence-corrected chi connectivity index (χ3v) is 7.07. The van der Waals surface area contributed by atoms with Gasteiger partial charge in [-0.15, -0.1) is 0 Å². The summed E-state index contributed by atoms with van der Waals surface area (Å²) < 4.78 is 6.11. The summed E-state index contributed by atoms with van der Waals surface area (Å²) in [5.41, 5.74) is 1.79. The van der Waals surface area contributed by atoms with E-state index in [-0.39, 0.29) is 5.75 Å². The molecule has 1 aromatic heterocycles. The molecule has 0 unspecified atom stereocenters. The minimum atomic E-state index is 0.194. The van der Waals surface area contributed by atoms with E-state index in [0.717, 1.165) is 59.0 Å². The van der Waals surface area contributed by atoms with Crippen LogP contribution in [0.5, 0.6) is 11.5 Å². The second-order valence-corrected chi connectivity index (χ2v) is 9.71. The Bertz CT molecular complexity index is 1100. The third kappa shape index (κ3) is 5.50. The van der Waals surface area contributed by atoms with E-state index in [1.165, 1.54) is 0 Å². The minimum absolute atomic E-state index is 0.194. The largest absolute Gasteiger partial charge is 0.504 e. The van der Waals surface area contributed by atoms with Gasteiger partial charge in [0.25, 0.3) is 0 Å². The van der Waals surface area contributed by atoms with Crippen molar-refractivity contribution in [3.63, 3.8) is 0 Å². The average Bonchev–Trinajstić information content (AvgIpc) is 2.82. The van der Waals surface area contributed by atoms with E-state index in [4.69, 9.17) is 14.7 Å². The average molecular weight is 514 g/mol. The van der Waals surface area contributed by atoms with Crippen LogP contribution in [0.1, 0.15) is 31.2 Å². The molecule has 1 aliphatic rings. The van der Waals surface area contributed by atoms with Gasteiger partial charge >= 0.3 is 0 Å². The van der Waals surface area contributed by atoms with E-state index in [9.17, 15) is 5.11 Å².